The number of nitrogen functional groups attached to an aromatic ring is 1. The zero-order valence-electron chi connectivity index (χ0n) is 12.2. The van der Waals surface area contributed by atoms with Crippen LogP contribution in [0.4, 0.5) is 17.5 Å². The highest BCUT2D eigenvalue weighted by Gasteiger charge is 2.09. The van der Waals surface area contributed by atoms with Gasteiger partial charge in [-0.3, -0.25) is 5.10 Å². The van der Waals surface area contributed by atoms with Crippen molar-refractivity contribution in [3.05, 3.63) is 60.8 Å². The number of H-pyrrole nitrogens is 1. The van der Waals surface area contributed by atoms with E-state index in [1.165, 1.54) is 0 Å². The quantitative estimate of drug-likeness (QED) is 0.539. The van der Waals surface area contributed by atoms with E-state index in [2.05, 4.69) is 25.5 Å². The third-order valence-corrected chi connectivity index (χ3v) is 3.56. The predicted octanol–water partition coefficient (Wildman–Crippen LogP) is 3.35. The molecule has 0 aliphatic carbocycles. The van der Waals surface area contributed by atoms with Crippen LogP contribution in [0.15, 0.2) is 60.8 Å². The Labute approximate surface area is 132 Å². The Bertz CT molecular complexity index is 961. The molecular formula is C17H14N6. The molecular weight excluding hydrogens is 288 g/mol. The molecule has 0 aliphatic heterocycles. The van der Waals surface area contributed by atoms with Gasteiger partial charge in [0.15, 0.2) is 0 Å². The molecule has 0 fully saturated rings. The number of hydrogen-bond donors (Lipinski definition) is 3. The van der Waals surface area contributed by atoms with Gasteiger partial charge >= 0.3 is 0 Å². The molecule has 0 amide bonds. The second-order valence-electron chi connectivity index (χ2n) is 5.12. The molecule has 23 heavy (non-hydrogen) atoms. The average molecular weight is 302 g/mol. The van der Waals surface area contributed by atoms with Crippen molar-refractivity contribution in [2.75, 3.05) is 11.1 Å². The normalized spacial score (nSPS) is 10.8. The molecule has 2 aromatic heterocycles. The highest BCUT2D eigenvalue weighted by atomic mass is 15.1. The first-order valence-electron chi connectivity index (χ1n) is 7.19. The van der Waals surface area contributed by atoms with Gasteiger partial charge in [-0.2, -0.15) is 10.1 Å². The van der Waals surface area contributed by atoms with E-state index in [4.69, 9.17) is 5.73 Å². The van der Waals surface area contributed by atoms with Crippen molar-refractivity contribution in [3.8, 4) is 11.3 Å². The molecule has 0 spiro atoms. The number of nitrogens with zero attached hydrogens (tertiary/aromatic N) is 3. The standard InChI is InChI=1S/C17H14N6/c18-17-19-9-8-15(21-17)20-12-6-7-14-13(10-12)16(23-22-14)11-4-2-1-3-5-11/h1-10H,(H,22,23)(H3,18,19,20,21). The molecule has 4 aromatic rings. The minimum absolute atomic E-state index is 0.240. The fourth-order valence-electron chi connectivity index (χ4n) is 2.50. The van der Waals surface area contributed by atoms with E-state index in [-0.39, 0.29) is 5.95 Å². The zero-order chi connectivity index (χ0) is 15.6. The van der Waals surface area contributed by atoms with Crippen LogP contribution in [-0.2, 0) is 0 Å². The van der Waals surface area contributed by atoms with Crippen molar-refractivity contribution in [1.29, 1.82) is 0 Å². The van der Waals surface area contributed by atoms with E-state index >= 15 is 0 Å². The maximum atomic E-state index is 5.61. The van der Waals surface area contributed by atoms with Crippen LogP contribution in [-0.4, -0.2) is 20.2 Å². The van der Waals surface area contributed by atoms with Gasteiger partial charge < -0.3 is 11.1 Å². The molecule has 0 saturated carbocycles. The lowest BCUT2D eigenvalue weighted by Gasteiger charge is -2.06. The lowest BCUT2D eigenvalue weighted by atomic mass is 10.1. The van der Waals surface area contributed by atoms with E-state index in [9.17, 15) is 0 Å². The second-order valence-corrected chi connectivity index (χ2v) is 5.12. The third-order valence-electron chi connectivity index (χ3n) is 3.56. The Morgan fingerprint density at radius 3 is 2.70 bits per heavy atom. The summed E-state index contributed by atoms with van der Waals surface area (Å²) in [5, 5.41) is 11.8. The van der Waals surface area contributed by atoms with Crippen LogP contribution in [0.5, 0.6) is 0 Å². The van der Waals surface area contributed by atoms with Gasteiger partial charge in [0.05, 0.1) is 11.2 Å². The molecule has 6 nitrogen and oxygen atoms in total. The minimum Gasteiger partial charge on any atom is -0.368 e. The summed E-state index contributed by atoms with van der Waals surface area (Å²) in [6.45, 7) is 0. The first-order valence-corrected chi connectivity index (χ1v) is 7.19. The molecule has 112 valence electrons. The zero-order valence-corrected chi connectivity index (χ0v) is 12.2. The summed E-state index contributed by atoms with van der Waals surface area (Å²) in [6, 6.07) is 17.8. The summed E-state index contributed by atoms with van der Waals surface area (Å²) >= 11 is 0. The van der Waals surface area contributed by atoms with E-state index < -0.39 is 0 Å². The number of nitrogens with two attached hydrogens (primary N) is 1. The number of hydrogen-bond acceptors (Lipinski definition) is 5. The third kappa shape index (κ3) is 2.57. The number of benzene rings is 2. The Kier molecular flexibility index (Phi) is 3.12. The number of anilines is 3. The van der Waals surface area contributed by atoms with Crippen LogP contribution in [0.1, 0.15) is 0 Å². The molecule has 0 unspecified atom stereocenters. The van der Waals surface area contributed by atoms with Gasteiger partial charge in [-0.1, -0.05) is 30.3 Å². The molecule has 0 bridgehead atoms. The predicted molar refractivity (Wildman–Crippen MR) is 91.3 cm³/mol. The summed E-state index contributed by atoms with van der Waals surface area (Å²) in [4.78, 5) is 8.04. The Balaban J connectivity index is 1.75. The molecule has 6 heteroatoms. The topological polar surface area (TPSA) is 92.5 Å². The fraction of sp³-hybridized carbons (Fsp3) is 0. The van der Waals surface area contributed by atoms with Gasteiger partial charge in [-0.25, -0.2) is 4.98 Å². The number of nitrogens with one attached hydrogen (secondary N) is 2. The largest absolute Gasteiger partial charge is 0.368 e. The van der Waals surface area contributed by atoms with Crippen molar-refractivity contribution in [1.82, 2.24) is 20.2 Å². The van der Waals surface area contributed by atoms with Gasteiger partial charge in [0.2, 0.25) is 5.95 Å². The van der Waals surface area contributed by atoms with Crippen LogP contribution in [0.25, 0.3) is 22.2 Å². The SMILES string of the molecule is Nc1nccc(Nc2ccc3[nH]nc(-c4ccccc4)c3c2)n1. The molecule has 4 rings (SSSR count). The van der Waals surface area contributed by atoms with Crippen LogP contribution < -0.4 is 11.1 Å². The molecule has 2 aromatic carbocycles. The van der Waals surface area contributed by atoms with Crippen molar-refractivity contribution >= 4 is 28.4 Å². The molecule has 2 heterocycles. The monoisotopic (exact) mass is 302 g/mol. The highest BCUT2D eigenvalue weighted by molar-refractivity contribution is 5.95. The maximum Gasteiger partial charge on any atom is 0.221 e. The van der Waals surface area contributed by atoms with Crippen molar-refractivity contribution in [3.63, 3.8) is 0 Å². The van der Waals surface area contributed by atoms with Crippen LogP contribution in [0.2, 0.25) is 0 Å². The minimum atomic E-state index is 0.240. The van der Waals surface area contributed by atoms with Crippen molar-refractivity contribution < 1.29 is 0 Å². The summed E-state index contributed by atoms with van der Waals surface area (Å²) in [5.74, 6) is 0.894. The van der Waals surface area contributed by atoms with E-state index in [1.54, 1.807) is 12.3 Å². The molecule has 0 saturated heterocycles. The highest BCUT2D eigenvalue weighted by Crippen LogP contribution is 2.29. The van der Waals surface area contributed by atoms with Crippen LogP contribution in [0.3, 0.4) is 0 Å². The van der Waals surface area contributed by atoms with Gasteiger partial charge in [-0.05, 0) is 24.3 Å². The molecule has 4 N–H and O–H groups in total. The number of rotatable bonds is 3. The summed E-state index contributed by atoms with van der Waals surface area (Å²) < 4.78 is 0. The van der Waals surface area contributed by atoms with Gasteiger partial charge in [0, 0.05) is 22.8 Å². The lowest BCUT2D eigenvalue weighted by molar-refractivity contribution is 1.12. The summed E-state index contributed by atoms with van der Waals surface area (Å²) in [6.07, 6.45) is 1.62. The fourth-order valence-corrected chi connectivity index (χ4v) is 2.50. The van der Waals surface area contributed by atoms with E-state index in [0.717, 1.165) is 27.8 Å². The van der Waals surface area contributed by atoms with E-state index in [1.807, 2.05) is 48.5 Å². The number of aromatic amines is 1. The van der Waals surface area contributed by atoms with Gasteiger partial charge in [-0.15, -0.1) is 0 Å². The lowest BCUT2D eigenvalue weighted by Crippen LogP contribution is -1.98. The molecule has 0 aliphatic rings. The number of aromatic nitrogens is 4. The van der Waals surface area contributed by atoms with Gasteiger partial charge in [0.1, 0.15) is 5.82 Å². The Hall–Kier alpha value is -3.41. The van der Waals surface area contributed by atoms with Crippen molar-refractivity contribution in [2.45, 2.75) is 0 Å². The summed E-state index contributed by atoms with van der Waals surface area (Å²) in [7, 11) is 0. The Morgan fingerprint density at radius 2 is 1.87 bits per heavy atom. The van der Waals surface area contributed by atoms with Crippen molar-refractivity contribution in [2.24, 2.45) is 0 Å². The average Bonchev–Trinajstić information content (AvgIpc) is 2.99. The summed E-state index contributed by atoms with van der Waals surface area (Å²) in [5.41, 5.74) is 9.50. The first-order chi connectivity index (χ1) is 11.3. The Morgan fingerprint density at radius 1 is 1.00 bits per heavy atom. The van der Waals surface area contributed by atoms with E-state index in [0.29, 0.717) is 5.82 Å². The maximum absolute atomic E-state index is 5.61. The van der Waals surface area contributed by atoms with Crippen LogP contribution >= 0.6 is 0 Å². The molecule has 0 atom stereocenters. The van der Waals surface area contributed by atoms with Gasteiger partial charge in [0.25, 0.3) is 0 Å². The number of fused-ring (bicyclic) bond motifs is 1. The van der Waals surface area contributed by atoms with Crippen LogP contribution in [0, 0.1) is 0 Å². The smallest absolute Gasteiger partial charge is 0.221 e. The second kappa shape index (κ2) is 5.42. The first kappa shape index (κ1) is 13.3. The molecule has 0 radical (unpaired) electrons.